The maximum absolute atomic E-state index is 12.6. The molecule has 1 heterocycles. The summed E-state index contributed by atoms with van der Waals surface area (Å²) in [6.07, 6.45) is 5.43. The van der Waals surface area contributed by atoms with Crippen molar-refractivity contribution in [3.63, 3.8) is 0 Å². The van der Waals surface area contributed by atoms with Crippen LogP contribution in [-0.4, -0.2) is 16.8 Å². The molecule has 5 nitrogen and oxygen atoms in total. The van der Waals surface area contributed by atoms with Gasteiger partial charge in [-0.1, -0.05) is 54.6 Å². The third-order valence-electron chi connectivity index (χ3n) is 6.56. The molecule has 1 N–H and O–H groups in total. The first-order chi connectivity index (χ1) is 16.0. The van der Waals surface area contributed by atoms with E-state index in [4.69, 9.17) is 4.74 Å². The van der Waals surface area contributed by atoms with Crippen molar-refractivity contribution in [3.05, 3.63) is 71.4 Å². The van der Waals surface area contributed by atoms with E-state index in [-0.39, 0.29) is 6.10 Å². The molecular formula is C27H30N2O3S. The number of benzene rings is 2. The van der Waals surface area contributed by atoms with Gasteiger partial charge < -0.3 is 9.53 Å². The molecule has 0 radical (unpaired) electrons. The second kappa shape index (κ2) is 10.8. The number of nitrogens with zero attached hydrogens (tertiary/aromatic N) is 1. The van der Waals surface area contributed by atoms with E-state index in [2.05, 4.69) is 34.0 Å². The first-order valence-corrected chi connectivity index (χ1v) is 12.3. The van der Waals surface area contributed by atoms with E-state index < -0.39 is 6.09 Å². The second-order valence-corrected chi connectivity index (χ2v) is 9.57. The minimum Gasteiger partial charge on any atom is -0.441 e. The fraction of sp³-hybridized carbons (Fsp3) is 0.370. The lowest BCUT2D eigenvalue weighted by Gasteiger charge is -2.27. The molecule has 1 aliphatic rings. The van der Waals surface area contributed by atoms with Crippen LogP contribution in [0.3, 0.4) is 0 Å². The van der Waals surface area contributed by atoms with E-state index in [1.165, 1.54) is 17.1 Å². The van der Waals surface area contributed by atoms with E-state index in [1.54, 1.807) is 0 Å². The van der Waals surface area contributed by atoms with Crippen LogP contribution in [0.25, 0.3) is 10.4 Å². The molecule has 0 saturated heterocycles. The number of aldehydes is 1. The van der Waals surface area contributed by atoms with Gasteiger partial charge in [0.05, 0.1) is 16.3 Å². The van der Waals surface area contributed by atoms with E-state index >= 15 is 0 Å². The van der Waals surface area contributed by atoms with Crippen LogP contribution in [0, 0.1) is 12.8 Å². The number of rotatable bonds is 7. The lowest BCUT2D eigenvalue weighted by Crippen LogP contribution is -2.16. The predicted octanol–water partition coefficient (Wildman–Crippen LogP) is 7.29. The van der Waals surface area contributed by atoms with Gasteiger partial charge in [0.1, 0.15) is 12.4 Å². The highest BCUT2D eigenvalue weighted by Crippen LogP contribution is 2.39. The van der Waals surface area contributed by atoms with Gasteiger partial charge >= 0.3 is 6.09 Å². The van der Waals surface area contributed by atoms with Crippen molar-refractivity contribution in [1.82, 2.24) is 4.37 Å². The summed E-state index contributed by atoms with van der Waals surface area (Å²) in [4.78, 5) is 24.3. The highest BCUT2D eigenvalue weighted by molar-refractivity contribution is 7.10. The van der Waals surface area contributed by atoms with Gasteiger partial charge in [-0.15, -0.1) is 0 Å². The molecule has 1 aromatic heterocycles. The average Bonchev–Trinajstić information content (AvgIpc) is 3.20. The molecule has 2 aromatic carbocycles. The molecule has 0 spiro atoms. The number of nitrogens with one attached hydrogen (secondary N) is 1. The largest absolute Gasteiger partial charge is 0.441 e. The first kappa shape index (κ1) is 23.2. The second-order valence-electron chi connectivity index (χ2n) is 8.80. The Labute approximate surface area is 199 Å². The molecule has 0 aliphatic heterocycles. The number of carbonyl (C=O) groups excluding carboxylic acids is 2. The normalized spacial score (nSPS) is 19.0. The maximum Gasteiger partial charge on any atom is 0.412 e. The minimum atomic E-state index is -0.486. The highest BCUT2D eigenvalue weighted by atomic mass is 32.1. The topological polar surface area (TPSA) is 68.3 Å². The van der Waals surface area contributed by atoms with Crippen molar-refractivity contribution in [2.24, 2.45) is 5.92 Å². The monoisotopic (exact) mass is 462 g/mol. The van der Waals surface area contributed by atoms with Crippen molar-refractivity contribution < 1.29 is 14.3 Å². The van der Waals surface area contributed by atoms with Crippen molar-refractivity contribution >= 4 is 29.6 Å². The van der Waals surface area contributed by atoms with Crippen molar-refractivity contribution in [2.75, 3.05) is 5.32 Å². The number of aryl methyl sites for hydroxylation is 1. The Bertz CT molecular complexity index is 1070. The van der Waals surface area contributed by atoms with E-state index in [0.717, 1.165) is 53.7 Å². The average molecular weight is 463 g/mol. The summed E-state index contributed by atoms with van der Waals surface area (Å²) in [6.45, 7) is 3.75. The van der Waals surface area contributed by atoms with Crippen LogP contribution in [0.2, 0.25) is 0 Å². The standard InChI is InChI=1S/C27H30N2O3S/c1-18-25(28-27(31)32-19(2)21-6-4-3-5-7-21)26(33-29-18)24-14-12-23(13-15-24)22-10-8-20(9-11-22)16-17-30/h3-7,12-15,17,19-20,22H,8-11,16H2,1-2H3,(H,28,31)/t19-,20-,22+/m1/s1. The third kappa shape index (κ3) is 5.69. The van der Waals surface area contributed by atoms with Gasteiger partial charge in [0, 0.05) is 6.42 Å². The SMILES string of the molecule is Cc1nsc(-c2ccc([C@H]3CC[C@@H](CC=O)CC3)cc2)c1NC(=O)O[C@H](C)c1ccccc1. The van der Waals surface area contributed by atoms with Crippen molar-refractivity contribution in [2.45, 2.75) is 58.0 Å². The number of carbonyl (C=O) groups is 2. The van der Waals surface area contributed by atoms with Crippen LogP contribution < -0.4 is 5.32 Å². The molecule has 3 aromatic rings. The molecule has 172 valence electrons. The van der Waals surface area contributed by atoms with Crippen LogP contribution in [-0.2, 0) is 9.53 Å². The molecule has 1 amide bonds. The van der Waals surface area contributed by atoms with Gasteiger partial charge in [-0.05, 0) is 79.6 Å². The van der Waals surface area contributed by atoms with Gasteiger partial charge in [-0.3, -0.25) is 5.32 Å². The summed E-state index contributed by atoms with van der Waals surface area (Å²) in [6, 6.07) is 18.3. The third-order valence-corrected chi connectivity index (χ3v) is 7.55. The molecule has 4 rings (SSSR count). The van der Waals surface area contributed by atoms with E-state index in [0.29, 0.717) is 23.9 Å². The quantitative estimate of drug-likeness (QED) is 0.374. The highest BCUT2D eigenvalue weighted by Gasteiger charge is 2.23. The number of hydrogen-bond acceptors (Lipinski definition) is 5. The molecule has 6 heteroatoms. The summed E-state index contributed by atoms with van der Waals surface area (Å²) in [7, 11) is 0. The number of anilines is 1. The van der Waals surface area contributed by atoms with Gasteiger partial charge in [0.15, 0.2) is 0 Å². The minimum absolute atomic E-state index is 0.345. The molecule has 1 fully saturated rings. The van der Waals surface area contributed by atoms with Crippen molar-refractivity contribution in [1.29, 1.82) is 0 Å². The van der Waals surface area contributed by atoms with Crippen LogP contribution in [0.1, 0.15) is 67.9 Å². The Morgan fingerprint density at radius 1 is 1.12 bits per heavy atom. The molecule has 0 bridgehead atoms. The predicted molar refractivity (Wildman–Crippen MR) is 133 cm³/mol. The van der Waals surface area contributed by atoms with Gasteiger partial charge in [0.25, 0.3) is 0 Å². The van der Waals surface area contributed by atoms with Gasteiger partial charge in [-0.2, -0.15) is 4.37 Å². The van der Waals surface area contributed by atoms with Crippen LogP contribution in [0.15, 0.2) is 54.6 Å². The Balaban J connectivity index is 1.42. The molecule has 0 unspecified atom stereocenters. The molecule has 1 atom stereocenters. The summed E-state index contributed by atoms with van der Waals surface area (Å²) in [5, 5.41) is 2.91. The van der Waals surface area contributed by atoms with E-state index in [9.17, 15) is 9.59 Å². The van der Waals surface area contributed by atoms with Crippen molar-refractivity contribution in [3.8, 4) is 10.4 Å². The van der Waals surface area contributed by atoms with Gasteiger partial charge in [-0.25, -0.2) is 4.79 Å². The number of ether oxygens (including phenoxy) is 1. The zero-order chi connectivity index (χ0) is 23.2. The van der Waals surface area contributed by atoms with Crippen LogP contribution in [0.5, 0.6) is 0 Å². The lowest BCUT2D eigenvalue weighted by atomic mass is 9.77. The molecule has 33 heavy (non-hydrogen) atoms. The molecular weight excluding hydrogens is 432 g/mol. The number of aromatic nitrogens is 1. The maximum atomic E-state index is 12.6. The Hall–Kier alpha value is -2.99. The van der Waals surface area contributed by atoms with Crippen LogP contribution >= 0.6 is 11.5 Å². The number of hydrogen-bond donors (Lipinski definition) is 1. The Kier molecular flexibility index (Phi) is 7.55. The van der Waals surface area contributed by atoms with Gasteiger partial charge in [0.2, 0.25) is 0 Å². The summed E-state index contributed by atoms with van der Waals surface area (Å²) in [5.74, 6) is 1.10. The summed E-state index contributed by atoms with van der Waals surface area (Å²) < 4.78 is 10.0. The first-order valence-electron chi connectivity index (χ1n) is 11.6. The summed E-state index contributed by atoms with van der Waals surface area (Å²) >= 11 is 1.38. The Morgan fingerprint density at radius 3 is 2.48 bits per heavy atom. The zero-order valence-electron chi connectivity index (χ0n) is 19.1. The summed E-state index contributed by atoms with van der Waals surface area (Å²) in [5.41, 5.74) is 4.80. The van der Waals surface area contributed by atoms with E-state index in [1.807, 2.05) is 44.2 Å². The molecule has 1 aliphatic carbocycles. The van der Waals surface area contributed by atoms with Crippen LogP contribution in [0.4, 0.5) is 10.5 Å². The number of amides is 1. The smallest absolute Gasteiger partial charge is 0.412 e. The molecule has 1 saturated carbocycles. The lowest BCUT2D eigenvalue weighted by molar-refractivity contribution is -0.108. The fourth-order valence-electron chi connectivity index (χ4n) is 4.57. The Morgan fingerprint density at radius 2 is 1.82 bits per heavy atom. The zero-order valence-corrected chi connectivity index (χ0v) is 19.9. The fourth-order valence-corrected chi connectivity index (χ4v) is 5.42.